The normalized spacial score (nSPS) is 14.3. The van der Waals surface area contributed by atoms with Crippen LogP contribution in [0.1, 0.15) is 42.4 Å². The fourth-order valence-electron chi connectivity index (χ4n) is 5.32. The molecule has 1 unspecified atom stereocenters. The number of carbonyl (C=O) groups excluding carboxylic acids is 2. The lowest BCUT2D eigenvalue weighted by Crippen LogP contribution is -2.54. The summed E-state index contributed by atoms with van der Waals surface area (Å²) in [7, 11) is -2.44. The van der Waals surface area contributed by atoms with Gasteiger partial charge in [0.1, 0.15) is 18.3 Å². The highest BCUT2D eigenvalue weighted by atomic mass is 35.5. The predicted molar refractivity (Wildman–Crippen MR) is 166 cm³/mol. The molecule has 1 aliphatic carbocycles. The smallest absolute Gasteiger partial charge is 0.244 e. The van der Waals surface area contributed by atoms with Crippen LogP contribution >= 0.6 is 11.6 Å². The number of benzene rings is 3. The summed E-state index contributed by atoms with van der Waals surface area (Å²) in [5, 5.41) is 3.39. The van der Waals surface area contributed by atoms with E-state index in [1.54, 1.807) is 12.1 Å². The maximum atomic E-state index is 14.3. The minimum atomic E-state index is -3.90. The molecule has 0 spiro atoms. The van der Waals surface area contributed by atoms with Crippen molar-refractivity contribution in [1.29, 1.82) is 0 Å². The Bertz CT molecular complexity index is 1490. The van der Waals surface area contributed by atoms with Gasteiger partial charge in [-0.05, 0) is 54.7 Å². The minimum absolute atomic E-state index is 0.0557. The maximum Gasteiger partial charge on any atom is 0.244 e. The molecule has 1 fully saturated rings. The number of hydrogen-bond acceptors (Lipinski definition) is 5. The average molecular weight is 612 g/mol. The Morgan fingerprint density at radius 2 is 1.69 bits per heavy atom. The zero-order chi connectivity index (χ0) is 30.3. The summed E-state index contributed by atoms with van der Waals surface area (Å²) in [6.45, 7) is 1.59. The number of rotatable bonds is 12. The van der Waals surface area contributed by atoms with Crippen molar-refractivity contribution in [3.8, 4) is 5.75 Å². The summed E-state index contributed by atoms with van der Waals surface area (Å²) in [4.78, 5) is 29.7. The van der Waals surface area contributed by atoms with Crippen LogP contribution in [0.3, 0.4) is 0 Å². The number of halogens is 1. The third-order valence-electron chi connectivity index (χ3n) is 7.68. The summed E-state index contributed by atoms with van der Waals surface area (Å²) in [6.07, 6.45) is 5.22. The van der Waals surface area contributed by atoms with Gasteiger partial charge in [0.15, 0.2) is 0 Å². The maximum absolute atomic E-state index is 14.3. The average Bonchev–Trinajstić information content (AvgIpc) is 3.47. The van der Waals surface area contributed by atoms with Crippen molar-refractivity contribution in [2.75, 3.05) is 24.2 Å². The first-order chi connectivity index (χ1) is 20.1. The van der Waals surface area contributed by atoms with Crippen LogP contribution < -0.4 is 14.4 Å². The second-order valence-corrected chi connectivity index (χ2v) is 13.0. The number of nitrogens with one attached hydrogen (secondary N) is 1. The van der Waals surface area contributed by atoms with E-state index in [9.17, 15) is 18.0 Å². The quantitative estimate of drug-likeness (QED) is 0.307. The van der Waals surface area contributed by atoms with E-state index in [4.69, 9.17) is 16.3 Å². The van der Waals surface area contributed by atoms with E-state index in [1.807, 2.05) is 61.5 Å². The highest BCUT2D eigenvalue weighted by molar-refractivity contribution is 7.92. The molecule has 8 nitrogen and oxygen atoms in total. The molecule has 1 N–H and O–H groups in total. The lowest BCUT2D eigenvalue weighted by molar-refractivity contribution is -0.140. The predicted octanol–water partition coefficient (Wildman–Crippen LogP) is 5.12. The Kier molecular flexibility index (Phi) is 10.5. The largest absolute Gasteiger partial charge is 0.495 e. The molecule has 0 bridgehead atoms. The molecule has 1 aliphatic rings. The molecule has 42 heavy (non-hydrogen) atoms. The SMILES string of the molecule is COc1ccc(N(CC(=O)N(Cc2ccccc2C)C(Cc2ccccc2)C(=O)NC2CCCC2)S(C)(=O)=O)cc1Cl. The van der Waals surface area contributed by atoms with Crippen LogP contribution in [-0.2, 0) is 32.6 Å². The van der Waals surface area contributed by atoms with Gasteiger partial charge in [0.25, 0.3) is 0 Å². The molecule has 2 amide bonds. The molecule has 1 atom stereocenters. The minimum Gasteiger partial charge on any atom is -0.495 e. The second-order valence-electron chi connectivity index (χ2n) is 10.7. The van der Waals surface area contributed by atoms with E-state index in [1.165, 1.54) is 18.1 Å². The van der Waals surface area contributed by atoms with Crippen LogP contribution in [0.4, 0.5) is 5.69 Å². The first-order valence-electron chi connectivity index (χ1n) is 14.1. The van der Waals surface area contributed by atoms with Crippen molar-refractivity contribution < 1.29 is 22.7 Å². The summed E-state index contributed by atoms with van der Waals surface area (Å²) in [5.41, 5.74) is 2.96. The lowest BCUT2D eigenvalue weighted by Gasteiger charge is -2.34. The third-order valence-corrected chi connectivity index (χ3v) is 9.11. The van der Waals surface area contributed by atoms with E-state index < -0.39 is 28.5 Å². The Morgan fingerprint density at radius 3 is 2.31 bits per heavy atom. The van der Waals surface area contributed by atoms with Gasteiger partial charge in [0, 0.05) is 19.0 Å². The molecule has 0 radical (unpaired) electrons. The fourth-order valence-corrected chi connectivity index (χ4v) is 6.41. The summed E-state index contributed by atoms with van der Waals surface area (Å²) in [6, 6.07) is 21.0. The van der Waals surface area contributed by atoms with Crippen LogP contribution in [0.5, 0.6) is 5.75 Å². The van der Waals surface area contributed by atoms with Crippen LogP contribution in [0, 0.1) is 6.92 Å². The van der Waals surface area contributed by atoms with E-state index in [2.05, 4.69) is 5.32 Å². The number of sulfonamides is 1. The molecule has 4 rings (SSSR count). The molecule has 3 aromatic rings. The van der Waals surface area contributed by atoms with Gasteiger partial charge in [0.2, 0.25) is 21.8 Å². The van der Waals surface area contributed by atoms with Gasteiger partial charge >= 0.3 is 0 Å². The lowest BCUT2D eigenvalue weighted by atomic mass is 10.0. The van der Waals surface area contributed by atoms with E-state index in [0.29, 0.717) is 5.75 Å². The molecule has 3 aromatic carbocycles. The number of ether oxygens (including phenoxy) is 1. The number of methoxy groups -OCH3 is 1. The van der Waals surface area contributed by atoms with Gasteiger partial charge in [-0.25, -0.2) is 8.42 Å². The summed E-state index contributed by atoms with van der Waals surface area (Å²) >= 11 is 6.32. The van der Waals surface area contributed by atoms with Crippen molar-refractivity contribution in [3.63, 3.8) is 0 Å². The van der Waals surface area contributed by atoms with Crippen molar-refractivity contribution in [2.45, 2.75) is 57.7 Å². The van der Waals surface area contributed by atoms with Gasteiger partial charge in [-0.1, -0.05) is 79.0 Å². The molecule has 10 heteroatoms. The van der Waals surface area contributed by atoms with Crippen LogP contribution in [0.2, 0.25) is 5.02 Å². The Morgan fingerprint density at radius 1 is 1.02 bits per heavy atom. The summed E-state index contributed by atoms with van der Waals surface area (Å²) < 4.78 is 32.2. The van der Waals surface area contributed by atoms with E-state index in [0.717, 1.165) is 52.9 Å². The van der Waals surface area contributed by atoms with Gasteiger partial charge in [-0.2, -0.15) is 0 Å². The standard InChI is InChI=1S/C32H38ClN3O5S/c1-23-11-7-8-14-25(23)21-35(29(19-24-12-5-4-6-13-24)32(38)34-26-15-9-10-16-26)31(37)22-36(42(3,39)40)27-17-18-30(41-2)28(33)20-27/h4-8,11-14,17-18,20,26,29H,9-10,15-16,19,21-22H2,1-3H3,(H,34,38). The topological polar surface area (TPSA) is 96.0 Å². The number of anilines is 1. The van der Waals surface area contributed by atoms with Crippen LogP contribution in [0.15, 0.2) is 72.8 Å². The molecule has 0 aromatic heterocycles. The first-order valence-corrected chi connectivity index (χ1v) is 16.3. The molecule has 1 saturated carbocycles. The Balaban J connectivity index is 1.74. The highest BCUT2D eigenvalue weighted by Crippen LogP contribution is 2.30. The number of amides is 2. The third kappa shape index (κ3) is 8.04. The molecule has 0 saturated heterocycles. The number of carbonyl (C=O) groups is 2. The van der Waals surface area contributed by atoms with E-state index >= 15 is 0 Å². The Labute approximate surface area is 253 Å². The van der Waals surface area contributed by atoms with Crippen LogP contribution in [-0.4, -0.2) is 57.1 Å². The first kappa shape index (κ1) is 31.4. The molecular weight excluding hydrogens is 574 g/mol. The monoisotopic (exact) mass is 611 g/mol. The van der Waals surface area contributed by atoms with Crippen LogP contribution in [0.25, 0.3) is 0 Å². The van der Waals surface area contributed by atoms with Gasteiger partial charge in [-0.15, -0.1) is 0 Å². The Hall–Kier alpha value is -3.56. The number of aryl methyl sites for hydroxylation is 1. The summed E-state index contributed by atoms with van der Waals surface area (Å²) in [5.74, 6) is -0.364. The highest BCUT2D eigenvalue weighted by Gasteiger charge is 2.34. The van der Waals surface area contributed by atoms with Crippen molar-refractivity contribution in [3.05, 3.63) is 94.5 Å². The number of nitrogens with zero attached hydrogens (tertiary/aromatic N) is 2. The van der Waals surface area contributed by atoms with Gasteiger partial charge in [0.05, 0.1) is 24.1 Å². The second kappa shape index (κ2) is 14.1. The zero-order valence-corrected chi connectivity index (χ0v) is 25.8. The zero-order valence-electron chi connectivity index (χ0n) is 24.3. The molecule has 0 heterocycles. The fraction of sp³-hybridized carbons (Fsp3) is 0.375. The van der Waals surface area contributed by atoms with Gasteiger partial charge < -0.3 is 15.0 Å². The van der Waals surface area contributed by atoms with Crippen molar-refractivity contribution in [1.82, 2.24) is 10.2 Å². The molecule has 0 aliphatic heterocycles. The van der Waals surface area contributed by atoms with E-state index in [-0.39, 0.29) is 35.6 Å². The van der Waals surface area contributed by atoms with Crippen molar-refractivity contribution in [2.24, 2.45) is 0 Å². The van der Waals surface area contributed by atoms with Crippen molar-refractivity contribution >= 4 is 39.1 Å². The molecular formula is C32H38ClN3O5S. The van der Waals surface area contributed by atoms with Gasteiger partial charge in [-0.3, -0.25) is 13.9 Å². The number of hydrogen-bond donors (Lipinski definition) is 1. The molecule has 224 valence electrons.